The molecule has 100 valence electrons. The first-order valence-corrected chi connectivity index (χ1v) is 7.18. The highest BCUT2D eigenvalue weighted by Gasteiger charge is 2.36. The first-order valence-electron chi connectivity index (χ1n) is 6.23. The average molecular weight is 278 g/mol. The van der Waals surface area contributed by atoms with Crippen LogP contribution in [0.3, 0.4) is 0 Å². The molecular formula is C12H14N4O2S. The van der Waals surface area contributed by atoms with E-state index in [4.69, 9.17) is 5.11 Å². The first kappa shape index (κ1) is 12.3. The maximum absolute atomic E-state index is 11.0. The van der Waals surface area contributed by atoms with Crippen molar-refractivity contribution in [1.29, 1.82) is 0 Å². The van der Waals surface area contributed by atoms with Gasteiger partial charge in [0.25, 0.3) is 0 Å². The van der Waals surface area contributed by atoms with Crippen molar-refractivity contribution in [2.45, 2.75) is 31.7 Å². The predicted molar refractivity (Wildman–Crippen MR) is 69.0 cm³/mol. The number of aromatic nitrogens is 4. The van der Waals surface area contributed by atoms with Crippen LogP contribution in [0, 0.1) is 5.92 Å². The fourth-order valence-corrected chi connectivity index (χ4v) is 2.94. The van der Waals surface area contributed by atoms with Crippen molar-refractivity contribution in [2.75, 3.05) is 0 Å². The van der Waals surface area contributed by atoms with Crippen molar-refractivity contribution in [3.8, 4) is 0 Å². The minimum atomic E-state index is -0.797. The highest BCUT2D eigenvalue weighted by molar-refractivity contribution is 7.07. The predicted octanol–water partition coefficient (Wildman–Crippen LogP) is 1.75. The van der Waals surface area contributed by atoms with Crippen molar-refractivity contribution in [3.05, 3.63) is 28.2 Å². The summed E-state index contributed by atoms with van der Waals surface area (Å²) >= 11 is 1.63. The third-order valence-electron chi connectivity index (χ3n) is 3.37. The van der Waals surface area contributed by atoms with Gasteiger partial charge in [-0.05, 0) is 51.6 Å². The van der Waals surface area contributed by atoms with Crippen LogP contribution in [0.5, 0.6) is 0 Å². The lowest BCUT2D eigenvalue weighted by Crippen LogP contribution is -2.19. The molecule has 0 radical (unpaired) electrons. The topological polar surface area (TPSA) is 80.9 Å². The van der Waals surface area contributed by atoms with Crippen LogP contribution in [0.1, 0.15) is 36.7 Å². The quantitative estimate of drug-likeness (QED) is 0.870. The second-order valence-corrected chi connectivity index (χ2v) is 5.63. The number of tetrazole rings is 1. The zero-order valence-electron chi connectivity index (χ0n) is 10.3. The number of aliphatic carboxylic acids is 1. The Balaban J connectivity index is 1.82. The number of hydrogen-bond acceptors (Lipinski definition) is 5. The normalized spacial score (nSPS) is 16.4. The number of thiophene rings is 1. The largest absolute Gasteiger partial charge is 0.481 e. The molecule has 0 amide bonds. The molecule has 2 aromatic heterocycles. The van der Waals surface area contributed by atoms with E-state index in [0.29, 0.717) is 12.3 Å². The molecule has 3 rings (SSSR count). The van der Waals surface area contributed by atoms with E-state index in [9.17, 15) is 4.79 Å². The van der Waals surface area contributed by atoms with Gasteiger partial charge in [0, 0.05) is 6.42 Å². The van der Waals surface area contributed by atoms with Gasteiger partial charge in [-0.2, -0.15) is 11.3 Å². The van der Waals surface area contributed by atoms with Gasteiger partial charge in [0.2, 0.25) is 0 Å². The van der Waals surface area contributed by atoms with Crippen molar-refractivity contribution in [1.82, 2.24) is 20.2 Å². The lowest BCUT2D eigenvalue weighted by atomic mass is 10.1. The number of hydrogen-bond donors (Lipinski definition) is 1. The third kappa shape index (κ3) is 2.81. The Bertz CT molecular complexity index is 562. The summed E-state index contributed by atoms with van der Waals surface area (Å²) in [5, 5.41) is 24.9. The molecule has 0 spiro atoms. The molecule has 0 aromatic carbocycles. The van der Waals surface area contributed by atoms with Gasteiger partial charge in [-0.25, -0.2) is 4.68 Å². The van der Waals surface area contributed by atoms with E-state index in [1.54, 1.807) is 16.0 Å². The van der Waals surface area contributed by atoms with Gasteiger partial charge in [-0.3, -0.25) is 4.79 Å². The number of nitrogens with zero attached hydrogens (tertiary/aromatic N) is 4. The Morgan fingerprint density at radius 3 is 3.05 bits per heavy atom. The van der Waals surface area contributed by atoms with Gasteiger partial charge < -0.3 is 5.11 Å². The first-order chi connectivity index (χ1) is 9.24. The third-order valence-corrected chi connectivity index (χ3v) is 4.10. The van der Waals surface area contributed by atoms with Crippen molar-refractivity contribution < 1.29 is 9.90 Å². The molecule has 7 heteroatoms. The van der Waals surface area contributed by atoms with E-state index in [2.05, 4.69) is 20.9 Å². The fourth-order valence-electron chi connectivity index (χ4n) is 2.27. The Morgan fingerprint density at radius 2 is 2.42 bits per heavy atom. The van der Waals surface area contributed by atoms with Crippen LogP contribution in [0.2, 0.25) is 0 Å². The molecule has 0 saturated heterocycles. The number of carboxylic acid groups (broad SMARTS) is 1. The Hall–Kier alpha value is -1.76. The molecule has 1 aliphatic rings. The molecule has 6 nitrogen and oxygen atoms in total. The molecule has 1 unspecified atom stereocenters. The summed E-state index contributed by atoms with van der Waals surface area (Å²) in [5.74, 6) is 0.353. The summed E-state index contributed by atoms with van der Waals surface area (Å²) in [4.78, 5) is 11.0. The van der Waals surface area contributed by atoms with Crippen LogP contribution in [0.15, 0.2) is 16.8 Å². The molecule has 2 aromatic rings. The van der Waals surface area contributed by atoms with Crippen LogP contribution < -0.4 is 0 Å². The standard InChI is InChI=1S/C12H14N4O2S/c17-12(18)6-10(9-1-2-9)16-11(13-14-15-16)5-8-3-4-19-7-8/h3-4,7,9-10H,1-2,5-6H2,(H,17,18). The van der Waals surface area contributed by atoms with E-state index in [-0.39, 0.29) is 12.5 Å². The van der Waals surface area contributed by atoms with Gasteiger partial charge in [-0.15, -0.1) is 5.10 Å². The van der Waals surface area contributed by atoms with Crippen LogP contribution in [-0.2, 0) is 11.2 Å². The number of carboxylic acids is 1. The van der Waals surface area contributed by atoms with E-state index in [0.717, 1.165) is 24.2 Å². The summed E-state index contributed by atoms with van der Waals surface area (Å²) < 4.78 is 1.71. The second kappa shape index (κ2) is 5.08. The summed E-state index contributed by atoms with van der Waals surface area (Å²) in [6.45, 7) is 0. The highest BCUT2D eigenvalue weighted by atomic mass is 32.1. The maximum atomic E-state index is 11.0. The monoisotopic (exact) mass is 278 g/mol. The van der Waals surface area contributed by atoms with Gasteiger partial charge >= 0.3 is 5.97 Å². The SMILES string of the molecule is O=C(O)CC(C1CC1)n1nnnc1Cc1ccsc1. The maximum Gasteiger partial charge on any atom is 0.305 e. The molecule has 0 bridgehead atoms. The zero-order chi connectivity index (χ0) is 13.2. The van der Waals surface area contributed by atoms with Crippen LogP contribution in [-0.4, -0.2) is 31.3 Å². The molecule has 1 N–H and O–H groups in total. The van der Waals surface area contributed by atoms with E-state index < -0.39 is 5.97 Å². The van der Waals surface area contributed by atoms with Gasteiger partial charge in [0.15, 0.2) is 5.82 Å². The molecule has 1 atom stereocenters. The molecular weight excluding hydrogens is 264 g/mol. The summed E-state index contributed by atoms with van der Waals surface area (Å²) in [5.41, 5.74) is 1.16. The summed E-state index contributed by atoms with van der Waals surface area (Å²) in [6, 6.07) is 1.92. The van der Waals surface area contributed by atoms with Crippen LogP contribution in [0.25, 0.3) is 0 Å². The molecule has 1 aliphatic carbocycles. The van der Waals surface area contributed by atoms with Crippen LogP contribution in [0.4, 0.5) is 0 Å². The van der Waals surface area contributed by atoms with Crippen molar-refractivity contribution in [2.24, 2.45) is 5.92 Å². The van der Waals surface area contributed by atoms with Gasteiger partial charge in [-0.1, -0.05) is 0 Å². The summed E-state index contributed by atoms with van der Waals surface area (Å²) in [7, 11) is 0. The van der Waals surface area contributed by atoms with E-state index in [1.165, 1.54) is 0 Å². The average Bonchev–Trinajstić information content (AvgIpc) is 2.89. The Morgan fingerprint density at radius 1 is 1.58 bits per heavy atom. The Labute approximate surface area is 114 Å². The molecule has 19 heavy (non-hydrogen) atoms. The number of carbonyl (C=O) groups is 1. The van der Waals surface area contributed by atoms with Crippen LogP contribution >= 0.6 is 11.3 Å². The zero-order valence-corrected chi connectivity index (χ0v) is 11.1. The second-order valence-electron chi connectivity index (χ2n) is 4.85. The number of rotatable bonds is 6. The van der Waals surface area contributed by atoms with Crippen molar-refractivity contribution >= 4 is 17.3 Å². The van der Waals surface area contributed by atoms with Crippen molar-refractivity contribution in [3.63, 3.8) is 0 Å². The lowest BCUT2D eigenvalue weighted by molar-refractivity contribution is -0.138. The molecule has 0 aliphatic heterocycles. The Kier molecular flexibility index (Phi) is 3.29. The summed E-state index contributed by atoms with van der Waals surface area (Å²) in [6.07, 6.45) is 2.87. The lowest BCUT2D eigenvalue weighted by Gasteiger charge is -2.15. The smallest absolute Gasteiger partial charge is 0.305 e. The highest BCUT2D eigenvalue weighted by Crippen LogP contribution is 2.41. The molecule has 2 heterocycles. The minimum Gasteiger partial charge on any atom is -0.481 e. The van der Waals surface area contributed by atoms with E-state index in [1.807, 2.05) is 11.4 Å². The molecule has 1 saturated carbocycles. The van der Waals surface area contributed by atoms with Gasteiger partial charge in [0.05, 0.1) is 12.5 Å². The fraction of sp³-hybridized carbons (Fsp3) is 0.500. The van der Waals surface area contributed by atoms with Gasteiger partial charge in [0.1, 0.15) is 0 Å². The minimum absolute atomic E-state index is 0.0896. The van der Waals surface area contributed by atoms with E-state index >= 15 is 0 Å². The molecule has 1 fully saturated rings.